The van der Waals surface area contributed by atoms with Gasteiger partial charge in [-0.2, -0.15) is 0 Å². The number of anilines is 2. The van der Waals surface area contributed by atoms with Gasteiger partial charge >= 0.3 is 5.69 Å². The monoisotopic (exact) mass is 430 g/mol. The predicted molar refractivity (Wildman–Crippen MR) is 118 cm³/mol. The van der Waals surface area contributed by atoms with Gasteiger partial charge in [-0.25, -0.2) is 4.79 Å². The molecule has 1 amide bonds. The van der Waals surface area contributed by atoms with Crippen LogP contribution in [0.2, 0.25) is 0 Å². The first-order valence-corrected chi connectivity index (χ1v) is 10.7. The fraction of sp³-hybridized carbons (Fsp3) is 0.381. The van der Waals surface area contributed by atoms with E-state index in [9.17, 15) is 14.4 Å². The number of nitrogens with two attached hydrogens (primary N) is 1. The van der Waals surface area contributed by atoms with Gasteiger partial charge in [0.2, 0.25) is 0 Å². The molecule has 3 N–H and O–H groups in total. The van der Waals surface area contributed by atoms with E-state index in [2.05, 4.69) is 4.98 Å². The second-order valence-electron chi connectivity index (χ2n) is 7.04. The molecule has 8 nitrogen and oxygen atoms in total. The molecule has 3 rings (SSSR count). The molecule has 0 atom stereocenters. The molecular weight excluding hydrogens is 404 g/mol. The van der Waals surface area contributed by atoms with E-state index in [1.165, 1.54) is 27.1 Å². The number of hydrogen-bond acceptors (Lipinski definition) is 6. The number of rotatable bonds is 8. The Kier molecular flexibility index (Phi) is 6.61. The lowest BCUT2D eigenvalue weighted by molar-refractivity contribution is 0.0986. The van der Waals surface area contributed by atoms with Crippen molar-refractivity contribution in [3.8, 4) is 0 Å². The summed E-state index contributed by atoms with van der Waals surface area (Å²) in [5.74, 6) is 0.107. The van der Waals surface area contributed by atoms with E-state index in [4.69, 9.17) is 10.2 Å². The first-order chi connectivity index (χ1) is 14.4. The molecular formula is C21H26N4O4S. The first-order valence-electron chi connectivity index (χ1n) is 9.93. The van der Waals surface area contributed by atoms with Crippen molar-refractivity contribution in [3.05, 3.63) is 66.4 Å². The van der Waals surface area contributed by atoms with Crippen molar-refractivity contribution in [2.75, 3.05) is 10.6 Å². The molecule has 3 aromatic rings. The molecule has 3 aromatic heterocycles. The molecule has 0 aliphatic heterocycles. The van der Waals surface area contributed by atoms with Gasteiger partial charge in [-0.3, -0.25) is 24.0 Å². The average Bonchev–Trinajstić information content (AvgIpc) is 3.35. The van der Waals surface area contributed by atoms with Crippen molar-refractivity contribution in [3.63, 3.8) is 0 Å². The highest BCUT2D eigenvalue weighted by Crippen LogP contribution is 2.28. The summed E-state index contributed by atoms with van der Waals surface area (Å²) in [5, 5.41) is 0. The van der Waals surface area contributed by atoms with Crippen LogP contribution >= 0.6 is 11.3 Å². The van der Waals surface area contributed by atoms with Crippen molar-refractivity contribution in [2.24, 2.45) is 0 Å². The van der Waals surface area contributed by atoms with E-state index in [-0.39, 0.29) is 24.0 Å². The maximum absolute atomic E-state index is 13.5. The van der Waals surface area contributed by atoms with Crippen LogP contribution in [0.3, 0.4) is 0 Å². The quantitative estimate of drug-likeness (QED) is 0.569. The minimum atomic E-state index is -0.700. The molecule has 0 spiro atoms. The summed E-state index contributed by atoms with van der Waals surface area (Å²) in [4.78, 5) is 43.7. The Morgan fingerprint density at radius 3 is 2.70 bits per heavy atom. The zero-order valence-electron chi connectivity index (χ0n) is 17.4. The van der Waals surface area contributed by atoms with Crippen LogP contribution in [-0.4, -0.2) is 15.5 Å². The zero-order valence-corrected chi connectivity index (χ0v) is 18.2. The summed E-state index contributed by atoms with van der Waals surface area (Å²) in [5.41, 5.74) is 5.95. The largest absolute Gasteiger partial charge is 0.467 e. The number of nitrogen functional groups attached to an aromatic ring is 1. The lowest BCUT2D eigenvalue weighted by atomic mass is 10.2. The summed E-state index contributed by atoms with van der Waals surface area (Å²) in [7, 11) is 0. The fourth-order valence-electron chi connectivity index (χ4n) is 3.30. The van der Waals surface area contributed by atoms with Gasteiger partial charge in [0, 0.05) is 11.4 Å². The minimum Gasteiger partial charge on any atom is -0.467 e. The van der Waals surface area contributed by atoms with Crippen LogP contribution in [0.25, 0.3) is 0 Å². The number of hydrogen-bond donors (Lipinski definition) is 2. The van der Waals surface area contributed by atoms with E-state index in [1.54, 1.807) is 12.1 Å². The number of aromatic amines is 1. The minimum absolute atomic E-state index is 0.0174. The molecule has 0 fully saturated rings. The number of H-pyrrole nitrogens is 1. The molecule has 0 radical (unpaired) electrons. The van der Waals surface area contributed by atoms with Crippen LogP contribution in [0.4, 0.5) is 11.5 Å². The number of furan rings is 1. The molecule has 3 heterocycles. The van der Waals surface area contributed by atoms with E-state index in [0.29, 0.717) is 23.6 Å². The molecule has 0 saturated carbocycles. The van der Waals surface area contributed by atoms with Gasteiger partial charge < -0.3 is 10.2 Å². The highest BCUT2D eigenvalue weighted by Gasteiger charge is 2.27. The number of aromatic nitrogens is 2. The molecule has 30 heavy (non-hydrogen) atoms. The molecule has 0 aromatic carbocycles. The van der Waals surface area contributed by atoms with Crippen LogP contribution in [0.1, 0.15) is 52.6 Å². The number of nitrogens with zero attached hydrogens (tertiary/aromatic N) is 2. The predicted octanol–water partition coefficient (Wildman–Crippen LogP) is 3.29. The Hall–Kier alpha value is -3.07. The Morgan fingerprint density at radius 2 is 2.10 bits per heavy atom. The summed E-state index contributed by atoms with van der Waals surface area (Å²) in [6.45, 7) is 6.34. The molecule has 0 aliphatic carbocycles. The summed E-state index contributed by atoms with van der Waals surface area (Å²) >= 11 is 1.39. The van der Waals surface area contributed by atoms with Gasteiger partial charge in [-0.1, -0.05) is 20.3 Å². The highest BCUT2D eigenvalue weighted by molar-refractivity contribution is 7.14. The van der Waals surface area contributed by atoms with Crippen molar-refractivity contribution in [2.45, 2.75) is 53.1 Å². The standard InChI is InChI=1S/C21H26N4O4S/c1-4-6-9-24-18(22)17(19(26)23-21(24)28)25(12-14-8-7-10-29-14)20(27)16-11-13(3)15(5-2)30-16/h7-8,10-11H,4-6,9,12,22H2,1-3H3,(H,23,26,28). The van der Waals surface area contributed by atoms with Crippen LogP contribution in [0.5, 0.6) is 0 Å². The summed E-state index contributed by atoms with van der Waals surface area (Å²) < 4.78 is 6.71. The molecule has 0 bridgehead atoms. The number of unbranched alkanes of at least 4 members (excludes halogenated alkanes) is 1. The Labute approximate surface area is 177 Å². The molecule has 9 heteroatoms. The van der Waals surface area contributed by atoms with Crippen LogP contribution in [0.15, 0.2) is 38.5 Å². The van der Waals surface area contributed by atoms with Gasteiger partial charge in [0.25, 0.3) is 11.5 Å². The van der Waals surface area contributed by atoms with Gasteiger partial charge in [-0.05, 0) is 43.5 Å². The zero-order chi connectivity index (χ0) is 21.8. The smallest absolute Gasteiger partial charge is 0.330 e. The second-order valence-corrected chi connectivity index (χ2v) is 8.18. The Morgan fingerprint density at radius 1 is 1.33 bits per heavy atom. The third kappa shape index (κ3) is 4.25. The lowest BCUT2D eigenvalue weighted by Crippen LogP contribution is -2.40. The average molecular weight is 431 g/mol. The molecule has 160 valence electrons. The summed E-state index contributed by atoms with van der Waals surface area (Å²) in [6, 6.07) is 5.24. The fourth-order valence-corrected chi connectivity index (χ4v) is 4.36. The summed E-state index contributed by atoms with van der Waals surface area (Å²) in [6.07, 6.45) is 3.88. The number of aryl methyl sites for hydroxylation is 2. The van der Waals surface area contributed by atoms with Gasteiger partial charge in [0.05, 0.1) is 17.7 Å². The third-order valence-electron chi connectivity index (χ3n) is 4.91. The number of nitrogens with one attached hydrogen (secondary N) is 1. The van der Waals surface area contributed by atoms with Crippen molar-refractivity contribution < 1.29 is 9.21 Å². The van der Waals surface area contributed by atoms with E-state index < -0.39 is 11.2 Å². The number of thiophene rings is 1. The maximum Gasteiger partial charge on any atom is 0.330 e. The van der Waals surface area contributed by atoms with E-state index in [1.807, 2.05) is 26.8 Å². The Balaban J connectivity index is 2.14. The van der Waals surface area contributed by atoms with Crippen LogP contribution in [0, 0.1) is 6.92 Å². The Bertz CT molecular complexity index is 1140. The maximum atomic E-state index is 13.5. The topological polar surface area (TPSA) is 114 Å². The normalized spacial score (nSPS) is 11.0. The molecule has 0 saturated heterocycles. The van der Waals surface area contributed by atoms with Crippen molar-refractivity contribution >= 4 is 28.7 Å². The van der Waals surface area contributed by atoms with Gasteiger partial charge in [-0.15, -0.1) is 11.3 Å². The van der Waals surface area contributed by atoms with Crippen LogP contribution in [-0.2, 0) is 19.5 Å². The number of amides is 1. The molecule has 0 aliphatic rings. The van der Waals surface area contributed by atoms with Crippen molar-refractivity contribution in [1.29, 1.82) is 0 Å². The SMILES string of the molecule is CCCCn1c(N)c(N(Cc2ccco2)C(=O)c2cc(C)c(CC)s2)c(=O)[nH]c1=O. The van der Waals surface area contributed by atoms with Gasteiger partial charge in [0.1, 0.15) is 11.6 Å². The molecule has 0 unspecified atom stereocenters. The number of carbonyl (C=O) groups is 1. The third-order valence-corrected chi connectivity index (χ3v) is 6.28. The van der Waals surface area contributed by atoms with E-state index >= 15 is 0 Å². The lowest BCUT2D eigenvalue weighted by Gasteiger charge is -2.23. The van der Waals surface area contributed by atoms with Crippen molar-refractivity contribution in [1.82, 2.24) is 9.55 Å². The van der Waals surface area contributed by atoms with Crippen LogP contribution < -0.4 is 21.9 Å². The highest BCUT2D eigenvalue weighted by atomic mass is 32.1. The number of carbonyl (C=O) groups excluding carboxylic acids is 1. The van der Waals surface area contributed by atoms with E-state index in [0.717, 1.165) is 23.3 Å². The van der Waals surface area contributed by atoms with Gasteiger partial charge in [0.15, 0.2) is 5.69 Å². The second kappa shape index (κ2) is 9.17. The first kappa shape index (κ1) is 21.6.